The molecule has 4 heteroatoms. The van der Waals surface area contributed by atoms with Gasteiger partial charge < -0.3 is 9.69 Å². The van der Waals surface area contributed by atoms with E-state index in [1.54, 1.807) is 4.90 Å². The zero-order valence-corrected chi connectivity index (χ0v) is 14.3. The van der Waals surface area contributed by atoms with Crippen LogP contribution < -0.4 is 0 Å². The van der Waals surface area contributed by atoms with Crippen LogP contribution in [-0.4, -0.2) is 35.5 Å². The summed E-state index contributed by atoms with van der Waals surface area (Å²) in [7, 11) is 0. The Hall–Kier alpha value is -2.49. The summed E-state index contributed by atoms with van der Waals surface area (Å²) in [4.78, 5) is 36.9. The number of hydrogen-bond donors (Lipinski definition) is 0. The van der Waals surface area contributed by atoms with Gasteiger partial charge in [0, 0.05) is 25.8 Å². The van der Waals surface area contributed by atoms with Gasteiger partial charge in [-0.05, 0) is 35.6 Å². The highest BCUT2D eigenvalue weighted by atomic mass is 16.2. The van der Waals surface area contributed by atoms with E-state index in [1.807, 2.05) is 18.2 Å². The largest absolute Gasteiger partial charge is 0.333 e. The van der Waals surface area contributed by atoms with Crippen molar-refractivity contribution in [2.45, 2.75) is 44.6 Å². The van der Waals surface area contributed by atoms with Crippen LogP contribution in [0.15, 0.2) is 42.5 Å². The molecule has 1 heterocycles. The Morgan fingerprint density at radius 3 is 2.68 bits per heavy atom. The number of ketones is 1. The number of rotatable bonds is 7. The Morgan fingerprint density at radius 2 is 1.84 bits per heavy atom. The quantitative estimate of drug-likeness (QED) is 0.728. The van der Waals surface area contributed by atoms with Crippen LogP contribution in [0.5, 0.6) is 0 Å². The summed E-state index contributed by atoms with van der Waals surface area (Å²) in [6, 6.07) is 14.0. The van der Waals surface area contributed by atoms with E-state index >= 15 is 0 Å². The van der Waals surface area contributed by atoms with Crippen LogP contribution in [0.4, 0.5) is 0 Å². The van der Waals surface area contributed by atoms with Crippen molar-refractivity contribution < 1.29 is 14.4 Å². The van der Waals surface area contributed by atoms with Crippen molar-refractivity contribution in [2.75, 3.05) is 6.54 Å². The normalized spacial score (nSPS) is 17.0. The van der Waals surface area contributed by atoms with Gasteiger partial charge in [0.25, 0.3) is 0 Å². The summed E-state index contributed by atoms with van der Waals surface area (Å²) in [5, 5.41) is 2.36. The molecule has 1 atom stereocenters. The molecule has 1 aliphatic heterocycles. The first-order valence-corrected chi connectivity index (χ1v) is 8.92. The van der Waals surface area contributed by atoms with Crippen molar-refractivity contribution in [3.05, 3.63) is 48.0 Å². The molecule has 130 valence electrons. The van der Waals surface area contributed by atoms with Gasteiger partial charge in [-0.2, -0.15) is 0 Å². The summed E-state index contributed by atoms with van der Waals surface area (Å²) in [5.41, 5.74) is 1.17. The number of hydrogen-bond acceptors (Lipinski definition) is 3. The number of nitrogens with zero attached hydrogens (tertiary/aromatic N) is 1. The summed E-state index contributed by atoms with van der Waals surface area (Å²) < 4.78 is 0. The number of carbonyl (C=O) groups is 3. The van der Waals surface area contributed by atoms with Gasteiger partial charge >= 0.3 is 0 Å². The SMILES string of the molecule is O=C[C@@H]1CCCN1C(=O)CCC(=O)CCc1cccc2ccccc12. The Morgan fingerprint density at radius 1 is 1.04 bits per heavy atom. The monoisotopic (exact) mass is 337 g/mol. The molecule has 25 heavy (non-hydrogen) atoms. The second-order valence-corrected chi connectivity index (χ2v) is 6.61. The maximum atomic E-state index is 12.2. The number of Topliss-reactive ketones (excluding diaryl/α,β-unsaturated/α-hetero) is 1. The lowest BCUT2D eigenvalue weighted by Crippen LogP contribution is -2.36. The molecule has 2 aromatic rings. The van der Waals surface area contributed by atoms with Crippen LogP contribution in [0.25, 0.3) is 10.8 Å². The average Bonchev–Trinajstić information content (AvgIpc) is 3.13. The van der Waals surface area contributed by atoms with Gasteiger partial charge in [-0.15, -0.1) is 0 Å². The van der Waals surface area contributed by atoms with Gasteiger partial charge in [-0.25, -0.2) is 0 Å². The number of amides is 1. The molecule has 0 unspecified atom stereocenters. The number of aldehydes is 1. The van der Waals surface area contributed by atoms with E-state index in [9.17, 15) is 14.4 Å². The Labute approximate surface area is 147 Å². The van der Waals surface area contributed by atoms with E-state index in [1.165, 1.54) is 16.3 Å². The van der Waals surface area contributed by atoms with E-state index < -0.39 is 0 Å². The molecule has 0 spiro atoms. The minimum absolute atomic E-state index is 0.0758. The van der Waals surface area contributed by atoms with E-state index in [-0.39, 0.29) is 30.6 Å². The highest BCUT2D eigenvalue weighted by molar-refractivity contribution is 5.88. The number of fused-ring (bicyclic) bond motifs is 1. The van der Waals surface area contributed by atoms with Crippen molar-refractivity contribution in [1.82, 2.24) is 4.90 Å². The van der Waals surface area contributed by atoms with Crippen LogP contribution >= 0.6 is 0 Å². The molecule has 1 fully saturated rings. The van der Waals surface area contributed by atoms with Crippen LogP contribution in [0, 0.1) is 0 Å². The molecular weight excluding hydrogens is 314 g/mol. The second kappa shape index (κ2) is 8.06. The number of likely N-dealkylation sites (tertiary alicyclic amines) is 1. The van der Waals surface area contributed by atoms with E-state index in [2.05, 4.69) is 24.3 Å². The summed E-state index contributed by atoms with van der Waals surface area (Å²) in [5.74, 6) is 0.0243. The van der Waals surface area contributed by atoms with Gasteiger partial charge in [-0.3, -0.25) is 9.59 Å². The predicted octanol–water partition coefficient (Wildman–Crippen LogP) is 3.31. The van der Waals surface area contributed by atoms with Crippen LogP contribution in [0.2, 0.25) is 0 Å². The first-order valence-electron chi connectivity index (χ1n) is 8.92. The second-order valence-electron chi connectivity index (χ2n) is 6.61. The lowest BCUT2D eigenvalue weighted by Gasteiger charge is -2.20. The van der Waals surface area contributed by atoms with Gasteiger partial charge in [0.15, 0.2) is 0 Å². The fourth-order valence-corrected chi connectivity index (χ4v) is 3.54. The third-order valence-corrected chi connectivity index (χ3v) is 4.95. The molecule has 1 aliphatic rings. The summed E-state index contributed by atoms with van der Waals surface area (Å²) >= 11 is 0. The standard InChI is InChI=1S/C21H23NO3/c23-15-18-8-4-14-22(18)21(25)13-12-19(24)11-10-17-7-3-6-16-5-1-2-9-20(16)17/h1-3,5-7,9,15,18H,4,8,10-14H2/t18-/m0/s1. The number of aryl methyl sites for hydroxylation is 1. The van der Waals surface area contributed by atoms with E-state index in [0.29, 0.717) is 19.4 Å². The van der Waals surface area contributed by atoms with Crippen molar-refractivity contribution >= 4 is 28.7 Å². The third-order valence-electron chi connectivity index (χ3n) is 4.95. The topological polar surface area (TPSA) is 54.5 Å². The molecular formula is C21H23NO3. The molecule has 3 rings (SSSR count). The Kier molecular flexibility index (Phi) is 5.59. The fourth-order valence-electron chi connectivity index (χ4n) is 3.54. The highest BCUT2D eigenvalue weighted by Gasteiger charge is 2.27. The molecule has 1 amide bonds. The van der Waals surface area contributed by atoms with Crippen LogP contribution in [-0.2, 0) is 20.8 Å². The van der Waals surface area contributed by atoms with Crippen LogP contribution in [0.3, 0.4) is 0 Å². The smallest absolute Gasteiger partial charge is 0.223 e. The molecule has 0 saturated carbocycles. The molecule has 0 bridgehead atoms. The Bertz CT molecular complexity index is 778. The molecule has 2 aromatic carbocycles. The highest BCUT2D eigenvalue weighted by Crippen LogP contribution is 2.20. The summed E-state index contributed by atoms with van der Waals surface area (Å²) in [6.45, 7) is 0.631. The molecule has 0 radical (unpaired) electrons. The van der Waals surface area contributed by atoms with Crippen molar-refractivity contribution in [3.8, 4) is 0 Å². The predicted molar refractivity (Wildman–Crippen MR) is 97.3 cm³/mol. The first kappa shape index (κ1) is 17.3. The van der Waals surface area contributed by atoms with Gasteiger partial charge in [0.1, 0.15) is 12.1 Å². The molecule has 0 aromatic heterocycles. The number of carbonyl (C=O) groups excluding carboxylic acids is 3. The molecule has 4 nitrogen and oxygen atoms in total. The third kappa shape index (κ3) is 4.13. The summed E-state index contributed by atoms with van der Waals surface area (Å²) in [6.07, 6.45) is 4.04. The number of benzene rings is 2. The first-order chi connectivity index (χ1) is 12.2. The average molecular weight is 337 g/mol. The van der Waals surface area contributed by atoms with Crippen molar-refractivity contribution in [1.29, 1.82) is 0 Å². The lowest BCUT2D eigenvalue weighted by molar-refractivity contribution is -0.135. The molecule has 0 N–H and O–H groups in total. The molecule has 1 saturated heterocycles. The van der Waals surface area contributed by atoms with Gasteiger partial charge in [0.2, 0.25) is 5.91 Å². The van der Waals surface area contributed by atoms with Gasteiger partial charge in [-0.1, -0.05) is 42.5 Å². The molecule has 0 aliphatic carbocycles. The van der Waals surface area contributed by atoms with Crippen LogP contribution in [0.1, 0.15) is 37.7 Å². The van der Waals surface area contributed by atoms with E-state index in [4.69, 9.17) is 0 Å². The van der Waals surface area contributed by atoms with Gasteiger partial charge in [0.05, 0.1) is 6.04 Å². The minimum atomic E-state index is -0.293. The van der Waals surface area contributed by atoms with Crippen molar-refractivity contribution in [3.63, 3.8) is 0 Å². The lowest BCUT2D eigenvalue weighted by atomic mass is 9.99. The van der Waals surface area contributed by atoms with E-state index in [0.717, 1.165) is 19.1 Å². The Balaban J connectivity index is 1.51. The maximum absolute atomic E-state index is 12.2. The zero-order valence-electron chi connectivity index (χ0n) is 14.3. The fraction of sp³-hybridized carbons (Fsp3) is 0.381. The maximum Gasteiger partial charge on any atom is 0.223 e. The zero-order chi connectivity index (χ0) is 17.6. The van der Waals surface area contributed by atoms with Crippen molar-refractivity contribution in [2.24, 2.45) is 0 Å². The minimum Gasteiger partial charge on any atom is -0.333 e.